The first kappa shape index (κ1) is 66.1. The van der Waals surface area contributed by atoms with Crippen LogP contribution in [0.15, 0.2) is 342 Å². The van der Waals surface area contributed by atoms with Crippen molar-refractivity contribution in [2.75, 3.05) is 0 Å². The Morgan fingerprint density at radius 3 is 0.938 bits per heavy atom. The molecule has 0 aliphatic rings. The van der Waals surface area contributed by atoms with Crippen LogP contribution < -0.4 is 16.7 Å². The molecule has 0 saturated heterocycles. The molecule has 16 aromatic carbocycles. The highest BCUT2D eigenvalue weighted by molar-refractivity contribution is 6.24. The van der Waals surface area contributed by atoms with Crippen LogP contribution >= 0.6 is 0 Å². The zero-order valence-electron chi connectivity index (χ0n) is 59.9. The molecule has 0 saturated carbocycles. The lowest BCUT2D eigenvalue weighted by Crippen LogP contribution is -2.14. The van der Waals surface area contributed by atoms with Gasteiger partial charge in [0.15, 0.2) is 0 Å². The first-order chi connectivity index (χ1) is 55.7. The van der Waals surface area contributed by atoms with Gasteiger partial charge in [-0.15, -0.1) is 0 Å². The van der Waals surface area contributed by atoms with E-state index in [1.807, 2.05) is 231 Å². The number of rotatable bonds is 7. The van der Waals surface area contributed by atoms with Crippen LogP contribution in [0.25, 0.3) is 193 Å². The van der Waals surface area contributed by atoms with Crippen molar-refractivity contribution in [2.24, 2.45) is 0 Å². The molecule has 6 heterocycles. The molecule has 0 fully saturated rings. The summed E-state index contributed by atoms with van der Waals surface area (Å²) < 4.78 is 5.11. The van der Waals surface area contributed by atoms with E-state index in [2.05, 4.69) is 97.1 Å². The van der Waals surface area contributed by atoms with Gasteiger partial charge >= 0.3 is 0 Å². The third-order valence-electron chi connectivity index (χ3n) is 21.8. The SMILES string of the molecule is N#Cc1ccc2c(c1)nc1c3ccc(C#N)c4c(-c5ccccc5)ccc(c(=O)n21)c43.N#Cc1ccc2c3c1c(-c1ccccc1)ccc3c(=O)n1c2nc2c(-c3ccccc3)ccc(-c3ccccc3)c21.N#Cc1ccc2c3c1c(-c1ccccc1)ccc3c(=O)n1c3cc(-c4ccccc4)c(-c4ccccc4)cc3nc21. The van der Waals surface area contributed by atoms with E-state index < -0.39 is 0 Å². The minimum atomic E-state index is -0.186. The maximum absolute atomic E-state index is 14.5. The van der Waals surface area contributed by atoms with Crippen LogP contribution in [0.1, 0.15) is 22.3 Å². The van der Waals surface area contributed by atoms with Crippen molar-refractivity contribution in [3.63, 3.8) is 0 Å². The maximum Gasteiger partial charge on any atom is 0.264 e. The third kappa shape index (κ3) is 10.4. The quantitative estimate of drug-likeness (QED) is 0.148. The second kappa shape index (κ2) is 26.6. The summed E-state index contributed by atoms with van der Waals surface area (Å²) in [6, 6.07) is 116. The number of imidazole rings is 3. The molecule has 522 valence electrons. The number of hydrogen-bond acceptors (Lipinski definition) is 10. The summed E-state index contributed by atoms with van der Waals surface area (Å²) in [5, 5.41) is 48.1. The Bertz CT molecular complexity index is 8070. The Labute approximate surface area is 643 Å². The van der Waals surface area contributed by atoms with Gasteiger partial charge in [0.25, 0.3) is 16.7 Å². The van der Waals surface area contributed by atoms with Gasteiger partial charge in [-0.25, -0.2) is 15.0 Å². The van der Waals surface area contributed by atoms with Crippen molar-refractivity contribution in [3.8, 4) is 102 Å². The molecule has 0 aliphatic heterocycles. The van der Waals surface area contributed by atoms with E-state index in [4.69, 9.17) is 15.0 Å². The third-order valence-corrected chi connectivity index (χ3v) is 21.8. The highest BCUT2D eigenvalue weighted by atomic mass is 16.1. The van der Waals surface area contributed by atoms with Crippen molar-refractivity contribution in [1.82, 2.24) is 28.2 Å². The van der Waals surface area contributed by atoms with E-state index in [1.165, 1.54) is 0 Å². The summed E-state index contributed by atoms with van der Waals surface area (Å²) in [7, 11) is 0. The Morgan fingerprint density at radius 1 is 0.239 bits per heavy atom. The lowest BCUT2D eigenvalue weighted by Gasteiger charge is -2.14. The topological polar surface area (TPSA) is 198 Å². The van der Waals surface area contributed by atoms with E-state index in [1.54, 1.807) is 37.5 Å². The summed E-state index contributed by atoms with van der Waals surface area (Å²) in [6.07, 6.45) is 0. The van der Waals surface area contributed by atoms with E-state index in [-0.39, 0.29) is 16.7 Å². The summed E-state index contributed by atoms with van der Waals surface area (Å²) in [4.78, 5) is 57.3. The van der Waals surface area contributed by atoms with Gasteiger partial charge < -0.3 is 0 Å². The Balaban J connectivity index is 0.000000111. The number of hydrogen-bond donors (Lipinski definition) is 0. The molecule has 0 atom stereocenters. The predicted octanol–water partition coefficient (Wildman–Crippen LogP) is 21.9. The zero-order valence-corrected chi connectivity index (χ0v) is 59.9. The van der Waals surface area contributed by atoms with Crippen LogP contribution in [0.2, 0.25) is 0 Å². The molecular weight excluding hydrogens is 1390 g/mol. The van der Waals surface area contributed by atoms with E-state index in [0.29, 0.717) is 66.4 Å². The Morgan fingerprint density at radius 2 is 0.549 bits per heavy atom. The molecule has 0 bridgehead atoms. The molecule has 0 radical (unpaired) electrons. The van der Waals surface area contributed by atoms with E-state index >= 15 is 0 Å². The lowest BCUT2D eigenvalue weighted by molar-refractivity contribution is 1.19. The number of benzene rings is 16. The molecule has 22 rings (SSSR count). The molecule has 0 N–H and O–H groups in total. The van der Waals surface area contributed by atoms with Crippen molar-refractivity contribution in [2.45, 2.75) is 0 Å². The first-order valence-corrected chi connectivity index (χ1v) is 36.8. The second-order valence-corrected chi connectivity index (χ2v) is 27.9. The largest absolute Gasteiger partial charge is 0.268 e. The summed E-state index contributed by atoms with van der Waals surface area (Å²) in [6.45, 7) is 0. The van der Waals surface area contributed by atoms with Crippen LogP contribution in [0.4, 0.5) is 0 Å². The number of nitriles is 4. The van der Waals surface area contributed by atoms with Gasteiger partial charge in [0.05, 0.1) is 79.6 Å². The Hall–Kier alpha value is -16.3. The fourth-order valence-corrected chi connectivity index (χ4v) is 16.8. The van der Waals surface area contributed by atoms with Gasteiger partial charge in [-0.3, -0.25) is 27.6 Å². The smallest absolute Gasteiger partial charge is 0.264 e. The number of pyridine rings is 3. The molecule has 0 unspecified atom stereocenters. The molecule has 113 heavy (non-hydrogen) atoms. The molecule has 0 spiro atoms. The van der Waals surface area contributed by atoms with Crippen LogP contribution in [0.5, 0.6) is 0 Å². The van der Waals surface area contributed by atoms with Crippen LogP contribution in [-0.2, 0) is 0 Å². The highest BCUT2D eigenvalue weighted by Crippen LogP contribution is 2.45. The van der Waals surface area contributed by atoms with Crippen molar-refractivity contribution >= 4 is 115 Å². The Kier molecular flexibility index (Phi) is 15.5. The standard InChI is InChI=1S/2C37H21N3O.C26H12N4O/c38-22-26-16-17-30-33-31(21-18-27(32(26)33)23-10-4-1-5-11-23)37(41)40-35-29(25-14-8-3-9-15-25)20-19-28(34(35)39-36(30)40)24-12-6-2-7-13-24;38-22-26-16-17-28-35-29(19-18-27(34(26)35)23-10-4-1-5-11-23)37(41)40-33-21-31(25-14-8-3-9-15-25)30(20-32(33)39-36(28)40)24-12-6-2-7-13-24;27-13-15-6-11-22-21(12-15)29-25-19-8-7-17(14-28)23-18(16-4-2-1-3-5-16)9-10-20(24(19)23)26(31)30(22)25/h2*1-21H;1-12H. The number of nitrogens with zero attached hydrogens (tertiary/aromatic N) is 10. The zero-order chi connectivity index (χ0) is 76.1. The average Bonchev–Trinajstić information content (AvgIpc) is 1.58. The monoisotopic (exact) mass is 1440 g/mol. The summed E-state index contributed by atoms with van der Waals surface area (Å²) >= 11 is 0. The van der Waals surface area contributed by atoms with Gasteiger partial charge in [-0.05, 0) is 152 Å². The minimum Gasteiger partial charge on any atom is -0.268 e. The molecule has 13 heteroatoms. The summed E-state index contributed by atoms with van der Waals surface area (Å²) in [5.74, 6) is 0. The van der Waals surface area contributed by atoms with Gasteiger partial charge in [0, 0.05) is 75.8 Å². The van der Waals surface area contributed by atoms with Gasteiger partial charge in [0.2, 0.25) is 0 Å². The van der Waals surface area contributed by atoms with E-state index in [9.17, 15) is 35.4 Å². The predicted molar refractivity (Wildman–Crippen MR) is 452 cm³/mol. The molecule has 6 aromatic heterocycles. The normalized spacial score (nSPS) is 11.4. The van der Waals surface area contributed by atoms with Gasteiger partial charge in [0.1, 0.15) is 16.9 Å². The fraction of sp³-hybridized carbons (Fsp3) is 0. The minimum absolute atomic E-state index is 0.138. The molecule has 22 aromatic rings. The fourth-order valence-electron chi connectivity index (χ4n) is 16.8. The second-order valence-electron chi connectivity index (χ2n) is 27.9. The van der Waals surface area contributed by atoms with E-state index in [0.717, 1.165) is 148 Å². The molecule has 0 amide bonds. The van der Waals surface area contributed by atoms with Crippen LogP contribution in [0, 0.1) is 45.3 Å². The molecule has 0 aliphatic carbocycles. The van der Waals surface area contributed by atoms with Crippen molar-refractivity contribution < 1.29 is 0 Å². The van der Waals surface area contributed by atoms with Crippen LogP contribution in [-0.4, -0.2) is 28.2 Å². The van der Waals surface area contributed by atoms with Crippen molar-refractivity contribution in [3.05, 3.63) is 381 Å². The highest BCUT2D eigenvalue weighted by Gasteiger charge is 2.27. The van der Waals surface area contributed by atoms with Crippen LogP contribution in [0.3, 0.4) is 0 Å². The number of fused-ring (bicyclic) bond motifs is 12. The summed E-state index contributed by atoms with van der Waals surface area (Å²) in [5.41, 5.74) is 21.6. The number of aromatic nitrogens is 6. The van der Waals surface area contributed by atoms with Gasteiger partial charge in [-0.2, -0.15) is 21.0 Å². The maximum atomic E-state index is 14.5. The first-order valence-electron chi connectivity index (χ1n) is 36.8. The van der Waals surface area contributed by atoms with Crippen molar-refractivity contribution in [1.29, 1.82) is 21.0 Å². The lowest BCUT2D eigenvalue weighted by atomic mass is 9.91. The molecule has 13 nitrogen and oxygen atoms in total. The van der Waals surface area contributed by atoms with Gasteiger partial charge in [-0.1, -0.05) is 243 Å². The molecular formula is C100H54N10O3. The average molecular weight is 1440 g/mol.